The molecule has 1 aromatic carbocycles. The molecule has 2 rings (SSSR count). The standard InChI is InChI=1S/C13H12BrN3O2/c14-10-3-5-11(6-4-10)19-8-9-2-1-7-16-12(9)13(15)17-18/h1-7,18H,8H2,(H2,15,17). The topological polar surface area (TPSA) is 80.7 Å². The van der Waals surface area contributed by atoms with Crippen LogP contribution in [-0.2, 0) is 6.61 Å². The summed E-state index contributed by atoms with van der Waals surface area (Å²) in [5, 5.41) is 11.7. The molecule has 0 radical (unpaired) electrons. The molecule has 0 aliphatic rings. The van der Waals surface area contributed by atoms with Crippen molar-refractivity contribution < 1.29 is 9.94 Å². The molecule has 3 N–H and O–H groups in total. The average molecular weight is 322 g/mol. The highest BCUT2D eigenvalue weighted by Gasteiger charge is 2.08. The lowest BCUT2D eigenvalue weighted by atomic mass is 10.2. The van der Waals surface area contributed by atoms with Crippen molar-refractivity contribution >= 4 is 21.8 Å². The van der Waals surface area contributed by atoms with E-state index in [0.29, 0.717) is 12.3 Å². The number of ether oxygens (including phenoxy) is 1. The molecular weight excluding hydrogens is 310 g/mol. The van der Waals surface area contributed by atoms with Gasteiger partial charge in [-0.3, -0.25) is 4.98 Å². The highest BCUT2D eigenvalue weighted by atomic mass is 79.9. The van der Waals surface area contributed by atoms with Gasteiger partial charge in [-0.1, -0.05) is 27.2 Å². The van der Waals surface area contributed by atoms with Crippen molar-refractivity contribution in [3.8, 4) is 5.75 Å². The van der Waals surface area contributed by atoms with Crippen LogP contribution in [0.25, 0.3) is 0 Å². The predicted octanol–water partition coefficient (Wildman–Crippen LogP) is 2.52. The predicted molar refractivity (Wildman–Crippen MR) is 75.2 cm³/mol. The number of halogens is 1. The quantitative estimate of drug-likeness (QED) is 0.392. The molecule has 0 amide bonds. The van der Waals surface area contributed by atoms with E-state index in [1.807, 2.05) is 30.3 Å². The molecule has 1 aromatic heterocycles. The summed E-state index contributed by atoms with van der Waals surface area (Å²) >= 11 is 3.36. The Hall–Kier alpha value is -2.08. The third-order valence-electron chi connectivity index (χ3n) is 2.45. The van der Waals surface area contributed by atoms with Crippen molar-refractivity contribution in [2.24, 2.45) is 10.9 Å². The molecule has 98 valence electrons. The first-order valence-electron chi connectivity index (χ1n) is 5.51. The first-order chi connectivity index (χ1) is 9.20. The van der Waals surface area contributed by atoms with E-state index in [1.165, 1.54) is 0 Å². The van der Waals surface area contributed by atoms with Crippen LogP contribution in [0.2, 0.25) is 0 Å². The van der Waals surface area contributed by atoms with Gasteiger partial charge in [0.25, 0.3) is 0 Å². The van der Waals surface area contributed by atoms with Gasteiger partial charge in [-0.15, -0.1) is 0 Å². The van der Waals surface area contributed by atoms with Crippen LogP contribution in [0.4, 0.5) is 0 Å². The summed E-state index contributed by atoms with van der Waals surface area (Å²) < 4.78 is 6.61. The third kappa shape index (κ3) is 3.45. The van der Waals surface area contributed by atoms with Crippen LogP contribution in [0.15, 0.2) is 52.2 Å². The third-order valence-corrected chi connectivity index (χ3v) is 2.98. The molecule has 5 nitrogen and oxygen atoms in total. The van der Waals surface area contributed by atoms with Crippen molar-refractivity contribution in [1.29, 1.82) is 0 Å². The molecule has 0 saturated heterocycles. The number of amidine groups is 1. The second-order valence-corrected chi connectivity index (χ2v) is 4.65. The van der Waals surface area contributed by atoms with E-state index in [9.17, 15) is 0 Å². The lowest BCUT2D eigenvalue weighted by Gasteiger charge is -2.09. The van der Waals surface area contributed by atoms with Gasteiger partial charge >= 0.3 is 0 Å². The maximum Gasteiger partial charge on any atom is 0.189 e. The number of aromatic nitrogens is 1. The molecule has 0 saturated carbocycles. The van der Waals surface area contributed by atoms with Gasteiger partial charge in [0.05, 0.1) is 0 Å². The number of pyridine rings is 1. The van der Waals surface area contributed by atoms with E-state index in [1.54, 1.807) is 12.3 Å². The summed E-state index contributed by atoms with van der Waals surface area (Å²) in [4.78, 5) is 4.07. The molecule has 0 spiro atoms. The van der Waals surface area contributed by atoms with Gasteiger partial charge in [-0.2, -0.15) is 0 Å². The molecule has 0 fully saturated rings. The molecule has 0 aliphatic heterocycles. The number of benzene rings is 1. The van der Waals surface area contributed by atoms with Crippen LogP contribution in [0.3, 0.4) is 0 Å². The molecule has 2 aromatic rings. The molecule has 0 aliphatic carbocycles. The van der Waals surface area contributed by atoms with Gasteiger partial charge in [0, 0.05) is 16.2 Å². The molecule has 1 heterocycles. The van der Waals surface area contributed by atoms with Gasteiger partial charge in [-0.25, -0.2) is 0 Å². The van der Waals surface area contributed by atoms with Gasteiger partial charge < -0.3 is 15.7 Å². The van der Waals surface area contributed by atoms with E-state index in [4.69, 9.17) is 15.7 Å². The van der Waals surface area contributed by atoms with E-state index < -0.39 is 0 Å². The monoisotopic (exact) mass is 321 g/mol. The zero-order valence-electron chi connectivity index (χ0n) is 9.95. The lowest BCUT2D eigenvalue weighted by molar-refractivity contribution is 0.304. The molecular formula is C13H12BrN3O2. The zero-order valence-corrected chi connectivity index (χ0v) is 11.5. The van der Waals surface area contributed by atoms with Crippen molar-refractivity contribution in [3.05, 3.63) is 58.3 Å². The Balaban J connectivity index is 2.13. The average Bonchev–Trinajstić information content (AvgIpc) is 2.46. The largest absolute Gasteiger partial charge is 0.489 e. The number of oxime groups is 1. The maximum atomic E-state index is 8.71. The molecule has 0 unspecified atom stereocenters. The Morgan fingerprint density at radius 3 is 2.74 bits per heavy atom. The van der Waals surface area contributed by atoms with Crippen LogP contribution >= 0.6 is 15.9 Å². The number of nitrogens with two attached hydrogens (primary N) is 1. The summed E-state index contributed by atoms with van der Waals surface area (Å²) in [5.74, 6) is 0.701. The minimum Gasteiger partial charge on any atom is -0.489 e. The summed E-state index contributed by atoms with van der Waals surface area (Å²) in [6.07, 6.45) is 1.58. The Kier molecular flexibility index (Phi) is 4.35. The van der Waals surface area contributed by atoms with E-state index >= 15 is 0 Å². The minimum atomic E-state index is -0.0324. The van der Waals surface area contributed by atoms with Gasteiger partial charge in [0.2, 0.25) is 0 Å². The van der Waals surface area contributed by atoms with Crippen LogP contribution < -0.4 is 10.5 Å². The lowest BCUT2D eigenvalue weighted by Crippen LogP contribution is -2.18. The van der Waals surface area contributed by atoms with Crippen LogP contribution in [0, 0.1) is 0 Å². The Morgan fingerprint density at radius 2 is 2.05 bits per heavy atom. The first kappa shape index (κ1) is 13.4. The maximum absolute atomic E-state index is 8.71. The number of rotatable bonds is 4. The fourth-order valence-corrected chi connectivity index (χ4v) is 1.79. The number of nitrogens with zero attached hydrogens (tertiary/aromatic N) is 2. The molecule has 19 heavy (non-hydrogen) atoms. The summed E-state index contributed by atoms with van der Waals surface area (Å²) in [5.41, 5.74) is 6.73. The highest BCUT2D eigenvalue weighted by Crippen LogP contribution is 2.18. The van der Waals surface area contributed by atoms with Gasteiger partial charge in [0.1, 0.15) is 18.1 Å². The second kappa shape index (κ2) is 6.19. The van der Waals surface area contributed by atoms with Gasteiger partial charge in [-0.05, 0) is 30.3 Å². The number of hydrogen-bond donors (Lipinski definition) is 2. The normalized spacial score (nSPS) is 11.3. The van der Waals surface area contributed by atoms with Crippen molar-refractivity contribution in [2.75, 3.05) is 0 Å². The number of hydrogen-bond acceptors (Lipinski definition) is 4. The minimum absolute atomic E-state index is 0.0324. The van der Waals surface area contributed by atoms with Gasteiger partial charge in [0.15, 0.2) is 5.84 Å². The fourth-order valence-electron chi connectivity index (χ4n) is 1.52. The molecule has 0 bridgehead atoms. The van der Waals surface area contributed by atoms with Crippen molar-refractivity contribution in [1.82, 2.24) is 4.98 Å². The summed E-state index contributed by atoms with van der Waals surface area (Å²) in [7, 11) is 0. The van der Waals surface area contributed by atoms with Crippen LogP contribution in [-0.4, -0.2) is 16.0 Å². The van der Waals surface area contributed by atoms with Crippen LogP contribution in [0.5, 0.6) is 5.75 Å². The Bertz CT molecular complexity index is 585. The Labute approximate surface area is 118 Å². The van der Waals surface area contributed by atoms with Crippen molar-refractivity contribution in [3.63, 3.8) is 0 Å². The van der Waals surface area contributed by atoms with Crippen LogP contribution in [0.1, 0.15) is 11.3 Å². The molecule has 6 heteroatoms. The molecule has 0 atom stereocenters. The smallest absolute Gasteiger partial charge is 0.189 e. The second-order valence-electron chi connectivity index (χ2n) is 3.74. The summed E-state index contributed by atoms with van der Waals surface area (Å²) in [6, 6.07) is 11.1. The Morgan fingerprint density at radius 1 is 1.32 bits per heavy atom. The van der Waals surface area contributed by atoms with E-state index in [0.717, 1.165) is 15.8 Å². The van der Waals surface area contributed by atoms with E-state index in [-0.39, 0.29) is 5.84 Å². The fraction of sp³-hybridized carbons (Fsp3) is 0.0769. The highest BCUT2D eigenvalue weighted by molar-refractivity contribution is 9.10. The summed E-state index contributed by atoms with van der Waals surface area (Å²) in [6.45, 7) is 0.293. The van der Waals surface area contributed by atoms with E-state index in [2.05, 4.69) is 26.1 Å². The van der Waals surface area contributed by atoms with Crippen molar-refractivity contribution in [2.45, 2.75) is 6.61 Å². The first-order valence-corrected chi connectivity index (χ1v) is 6.30. The zero-order chi connectivity index (χ0) is 13.7. The SMILES string of the molecule is NC(=NO)c1ncccc1COc1ccc(Br)cc1.